The summed E-state index contributed by atoms with van der Waals surface area (Å²) in [6.07, 6.45) is 2.48. The molecule has 11 nitrogen and oxygen atoms in total. The lowest BCUT2D eigenvalue weighted by molar-refractivity contribution is -0.137. The molecule has 4 heterocycles. The minimum absolute atomic E-state index is 0.0626. The maximum absolute atomic E-state index is 13.1. The SMILES string of the molecule is CC(C)(C)c1cc(NC(=O)Nc2cnc(Oc3ccc(-c4cnc(N5CCCCC5=O)s4)cc3)nc2)n(-c2ccc(C(F)(F)F)cc2)n1. The molecule has 15 heteroatoms. The number of rotatable bonds is 7. The first-order chi connectivity index (χ1) is 22.8. The van der Waals surface area contributed by atoms with E-state index in [1.54, 1.807) is 29.3 Å². The Bertz CT molecular complexity index is 1920. The van der Waals surface area contributed by atoms with E-state index in [9.17, 15) is 22.8 Å². The molecule has 0 radical (unpaired) electrons. The van der Waals surface area contributed by atoms with Crippen LogP contribution in [0.3, 0.4) is 0 Å². The van der Waals surface area contributed by atoms with Crippen molar-refractivity contribution < 1.29 is 27.5 Å². The third-order valence-electron chi connectivity index (χ3n) is 7.44. The van der Waals surface area contributed by atoms with Crippen molar-refractivity contribution >= 4 is 39.9 Å². The number of urea groups is 1. The van der Waals surface area contributed by atoms with E-state index in [4.69, 9.17) is 4.74 Å². The molecule has 5 aromatic rings. The van der Waals surface area contributed by atoms with Crippen LogP contribution in [0.1, 0.15) is 51.3 Å². The van der Waals surface area contributed by atoms with Gasteiger partial charge in [-0.2, -0.15) is 18.3 Å². The van der Waals surface area contributed by atoms with Crippen LogP contribution in [-0.4, -0.2) is 43.2 Å². The van der Waals surface area contributed by atoms with Crippen LogP contribution in [0, 0.1) is 0 Å². The van der Waals surface area contributed by atoms with Crippen molar-refractivity contribution in [3.05, 3.63) is 84.4 Å². The number of halogens is 3. The van der Waals surface area contributed by atoms with Gasteiger partial charge in [-0.3, -0.25) is 15.0 Å². The summed E-state index contributed by atoms with van der Waals surface area (Å²) in [6, 6.07) is 12.9. The molecule has 1 aliphatic heterocycles. The highest BCUT2D eigenvalue weighted by Crippen LogP contribution is 2.34. The van der Waals surface area contributed by atoms with Gasteiger partial charge in [0, 0.05) is 30.6 Å². The Morgan fingerprint density at radius 2 is 1.62 bits per heavy atom. The molecule has 1 fully saturated rings. The van der Waals surface area contributed by atoms with Crippen LogP contribution in [0.5, 0.6) is 11.8 Å². The molecule has 0 bridgehead atoms. The molecule has 48 heavy (non-hydrogen) atoms. The largest absolute Gasteiger partial charge is 0.424 e. The Kier molecular flexibility index (Phi) is 8.88. The van der Waals surface area contributed by atoms with Gasteiger partial charge < -0.3 is 10.1 Å². The first kappa shape index (κ1) is 32.6. The predicted octanol–water partition coefficient (Wildman–Crippen LogP) is 8.06. The smallest absolute Gasteiger partial charge is 0.416 e. The van der Waals surface area contributed by atoms with Crippen molar-refractivity contribution in [3.63, 3.8) is 0 Å². The highest BCUT2D eigenvalue weighted by Gasteiger charge is 2.30. The average Bonchev–Trinajstić information content (AvgIpc) is 3.71. The number of piperidine rings is 1. The van der Waals surface area contributed by atoms with Gasteiger partial charge in [0.15, 0.2) is 5.13 Å². The van der Waals surface area contributed by atoms with E-state index in [0.29, 0.717) is 35.2 Å². The van der Waals surface area contributed by atoms with Crippen molar-refractivity contribution in [1.82, 2.24) is 24.7 Å². The molecule has 6 rings (SSSR count). The van der Waals surface area contributed by atoms with Gasteiger partial charge in [0.2, 0.25) is 5.91 Å². The lowest BCUT2D eigenvalue weighted by atomic mass is 9.92. The molecule has 0 spiro atoms. The fourth-order valence-electron chi connectivity index (χ4n) is 4.86. The molecular formula is C33H31F3N8O3S. The van der Waals surface area contributed by atoms with E-state index in [2.05, 4.69) is 30.7 Å². The molecule has 1 saturated heterocycles. The van der Waals surface area contributed by atoms with Crippen LogP contribution in [0.25, 0.3) is 16.1 Å². The van der Waals surface area contributed by atoms with Crippen molar-refractivity contribution in [2.75, 3.05) is 22.1 Å². The number of nitrogens with one attached hydrogen (secondary N) is 2. The number of ether oxygens (including phenoxy) is 1. The first-order valence-electron chi connectivity index (χ1n) is 15.1. The maximum Gasteiger partial charge on any atom is 0.416 e. The highest BCUT2D eigenvalue weighted by molar-refractivity contribution is 7.19. The number of alkyl halides is 3. The first-order valence-corrected chi connectivity index (χ1v) is 15.9. The number of amides is 3. The third kappa shape index (κ3) is 7.46. The molecule has 0 atom stereocenters. The zero-order chi connectivity index (χ0) is 34.1. The van der Waals surface area contributed by atoms with Gasteiger partial charge in [0.1, 0.15) is 11.6 Å². The summed E-state index contributed by atoms with van der Waals surface area (Å²) in [7, 11) is 0. The van der Waals surface area contributed by atoms with Gasteiger partial charge >= 0.3 is 18.2 Å². The quantitative estimate of drug-likeness (QED) is 0.179. The van der Waals surface area contributed by atoms with Crippen LogP contribution < -0.4 is 20.3 Å². The van der Waals surface area contributed by atoms with Crippen LogP contribution in [0.2, 0.25) is 0 Å². The molecular weight excluding hydrogens is 645 g/mol. The van der Waals surface area contributed by atoms with Gasteiger partial charge in [-0.25, -0.2) is 24.4 Å². The van der Waals surface area contributed by atoms with E-state index in [1.807, 2.05) is 32.9 Å². The Morgan fingerprint density at radius 3 is 2.27 bits per heavy atom. The monoisotopic (exact) mass is 676 g/mol. The zero-order valence-corrected chi connectivity index (χ0v) is 27.0. The summed E-state index contributed by atoms with van der Waals surface area (Å²) < 4.78 is 46.4. The highest BCUT2D eigenvalue weighted by atomic mass is 32.1. The topological polar surface area (TPSA) is 127 Å². The lowest BCUT2D eigenvalue weighted by Gasteiger charge is -2.23. The zero-order valence-electron chi connectivity index (χ0n) is 26.2. The molecule has 248 valence electrons. The van der Waals surface area contributed by atoms with Gasteiger partial charge in [-0.05, 0) is 66.9 Å². The Hall–Kier alpha value is -5.31. The molecule has 3 aromatic heterocycles. The summed E-state index contributed by atoms with van der Waals surface area (Å²) >= 11 is 1.46. The Morgan fingerprint density at radius 1 is 0.917 bits per heavy atom. The second-order valence-corrected chi connectivity index (χ2v) is 13.1. The van der Waals surface area contributed by atoms with Gasteiger partial charge in [-0.1, -0.05) is 32.1 Å². The van der Waals surface area contributed by atoms with E-state index in [1.165, 1.54) is 40.5 Å². The number of carbonyl (C=O) groups is 2. The molecule has 1 aliphatic rings. The standard InChI is InChI=1S/C33H31F3N8O3S/c1-32(2,3)26-16-27(44(42-26)23-11-9-21(10-12-23)33(34,35)36)41-29(46)40-22-17-37-30(38-18-22)47-24-13-7-20(8-14-24)25-19-39-31(48-25)43-15-5-4-6-28(43)45/h7-14,16-19H,4-6,15H2,1-3H3,(H2,40,41,46). The van der Waals surface area contributed by atoms with E-state index in [0.717, 1.165) is 35.4 Å². The van der Waals surface area contributed by atoms with E-state index >= 15 is 0 Å². The number of hydrogen-bond donors (Lipinski definition) is 2. The fourth-order valence-corrected chi connectivity index (χ4v) is 5.83. The average molecular weight is 677 g/mol. The van der Waals surface area contributed by atoms with Gasteiger partial charge in [0.05, 0.1) is 39.9 Å². The summed E-state index contributed by atoms with van der Waals surface area (Å²) in [4.78, 5) is 40.6. The van der Waals surface area contributed by atoms with Crippen molar-refractivity contribution in [2.24, 2.45) is 0 Å². The van der Waals surface area contributed by atoms with Crippen molar-refractivity contribution in [3.8, 4) is 27.9 Å². The number of hydrogen-bond acceptors (Lipinski definition) is 8. The minimum Gasteiger partial charge on any atom is -0.424 e. The summed E-state index contributed by atoms with van der Waals surface area (Å²) in [5.74, 6) is 0.863. The van der Waals surface area contributed by atoms with Gasteiger partial charge in [-0.15, -0.1) is 0 Å². The third-order valence-corrected chi connectivity index (χ3v) is 8.51. The van der Waals surface area contributed by atoms with Crippen LogP contribution >= 0.6 is 11.3 Å². The van der Waals surface area contributed by atoms with Crippen molar-refractivity contribution in [2.45, 2.75) is 51.6 Å². The lowest BCUT2D eigenvalue weighted by Crippen LogP contribution is -2.34. The number of thiazole rings is 1. The molecule has 0 saturated carbocycles. The number of nitrogens with zero attached hydrogens (tertiary/aromatic N) is 6. The summed E-state index contributed by atoms with van der Waals surface area (Å²) in [5.41, 5.74) is 0.992. The number of carbonyl (C=O) groups excluding carboxylic acids is 2. The normalized spacial score (nSPS) is 13.8. The van der Waals surface area contributed by atoms with E-state index in [-0.39, 0.29) is 23.4 Å². The molecule has 3 amide bonds. The van der Waals surface area contributed by atoms with Crippen LogP contribution in [0.15, 0.2) is 73.2 Å². The summed E-state index contributed by atoms with van der Waals surface area (Å²) in [6.45, 7) is 6.49. The summed E-state index contributed by atoms with van der Waals surface area (Å²) in [5, 5.41) is 10.6. The predicted molar refractivity (Wildman–Crippen MR) is 176 cm³/mol. The molecule has 2 aromatic carbocycles. The van der Waals surface area contributed by atoms with Gasteiger partial charge in [0.25, 0.3) is 0 Å². The maximum atomic E-state index is 13.1. The van der Waals surface area contributed by atoms with E-state index < -0.39 is 23.2 Å². The fraction of sp³-hybridized carbons (Fsp3) is 0.273. The molecule has 2 N–H and O–H groups in total. The minimum atomic E-state index is -4.47. The number of benzene rings is 2. The molecule has 0 aliphatic carbocycles. The number of anilines is 3. The van der Waals surface area contributed by atoms with Crippen LogP contribution in [-0.2, 0) is 16.4 Å². The Labute approximate surface area is 277 Å². The van der Waals surface area contributed by atoms with Crippen LogP contribution in [0.4, 0.5) is 34.6 Å². The second-order valence-electron chi connectivity index (χ2n) is 12.1. The number of aromatic nitrogens is 5. The Balaban J connectivity index is 1.08. The van der Waals surface area contributed by atoms with Crippen molar-refractivity contribution in [1.29, 1.82) is 0 Å². The second kappa shape index (κ2) is 13.1. The molecule has 0 unspecified atom stereocenters.